The zero-order valence-corrected chi connectivity index (χ0v) is 19.3. The Labute approximate surface area is 198 Å². The second-order valence-electron chi connectivity index (χ2n) is 7.75. The van der Waals surface area contributed by atoms with Crippen molar-refractivity contribution in [3.05, 3.63) is 112 Å². The van der Waals surface area contributed by atoms with Gasteiger partial charge >= 0.3 is 0 Å². The Balaban J connectivity index is 1.40. The first kappa shape index (κ1) is 22.6. The molecule has 168 valence electrons. The lowest BCUT2D eigenvalue weighted by Gasteiger charge is -2.09. The van der Waals surface area contributed by atoms with Gasteiger partial charge in [-0.15, -0.1) is 0 Å². The topological polar surface area (TPSA) is 69.0 Å². The molecule has 0 aliphatic carbocycles. The molecule has 1 N–H and O–H groups in total. The average Bonchev–Trinajstić information content (AvgIpc) is 3.11. The highest BCUT2D eigenvalue weighted by molar-refractivity contribution is 6.31. The predicted molar refractivity (Wildman–Crippen MR) is 128 cm³/mol. The maximum Gasteiger partial charge on any atom is 0.255 e. The van der Waals surface area contributed by atoms with Gasteiger partial charge in [0.25, 0.3) is 5.91 Å². The smallest absolute Gasteiger partial charge is 0.255 e. The van der Waals surface area contributed by atoms with Crippen LogP contribution in [0.4, 0.5) is 0 Å². The molecule has 2 heterocycles. The fourth-order valence-electron chi connectivity index (χ4n) is 3.61. The molecule has 0 fully saturated rings. The fraction of sp³-hybridized carbons (Fsp3) is 0.192. The number of aromatic nitrogens is 3. The fourth-order valence-corrected chi connectivity index (χ4v) is 3.80. The molecule has 2 aromatic carbocycles. The van der Waals surface area contributed by atoms with E-state index >= 15 is 0 Å². The van der Waals surface area contributed by atoms with Gasteiger partial charge in [-0.3, -0.25) is 9.48 Å². The van der Waals surface area contributed by atoms with E-state index in [1.807, 2.05) is 85.3 Å². The summed E-state index contributed by atoms with van der Waals surface area (Å²) in [5, 5.41) is 8.22. The van der Waals surface area contributed by atoms with E-state index in [4.69, 9.17) is 16.3 Å². The molecule has 33 heavy (non-hydrogen) atoms. The van der Waals surface area contributed by atoms with E-state index in [1.54, 1.807) is 6.20 Å². The first-order valence-electron chi connectivity index (χ1n) is 10.7. The summed E-state index contributed by atoms with van der Waals surface area (Å²) in [6.07, 6.45) is 1.68. The lowest BCUT2D eigenvalue weighted by Crippen LogP contribution is -2.24. The van der Waals surface area contributed by atoms with Gasteiger partial charge in [-0.05, 0) is 42.7 Å². The minimum Gasteiger partial charge on any atom is -0.473 e. The third kappa shape index (κ3) is 5.59. The molecular formula is C26H25ClN4O2. The van der Waals surface area contributed by atoms with Crippen molar-refractivity contribution in [2.45, 2.75) is 33.5 Å². The van der Waals surface area contributed by atoms with Crippen molar-refractivity contribution >= 4 is 17.5 Å². The minimum atomic E-state index is -0.168. The van der Waals surface area contributed by atoms with E-state index in [0.717, 1.165) is 22.4 Å². The highest BCUT2D eigenvalue weighted by atomic mass is 35.5. The zero-order chi connectivity index (χ0) is 23.2. The SMILES string of the molecule is Cc1nn(Cc2ccccc2Cl)c(C)c1C(=O)NCc1ccnc(OCc2ccccc2)c1. The van der Waals surface area contributed by atoms with Crippen molar-refractivity contribution in [1.29, 1.82) is 0 Å². The Kier molecular flexibility index (Phi) is 7.05. The van der Waals surface area contributed by atoms with Gasteiger partial charge in [0.1, 0.15) is 6.61 Å². The van der Waals surface area contributed by atoms with Crippen LogP contribution in [0, 0.1) is 13.8 Å². The molecule has 7 heteroatoms. The van der Waals surface area contributed by atoms with Crippen molar-refractivity contribution in [3.8, 4) is 5.88 Å². The summed E-state index contributed by atoms with van der Waals surface area (Å²) < 4.78 is 7.60. The minimum absolute atomic E-state index is 0.168. The number of rotatable bonds is 8. The van der Waals surface area contributed by atoms with Crippen molar-refractivity contribution in [3.63, 3.8) is 0 Å². The molecule has 6 nitrogen and oxygen atoms in total. The summed E-state index contributed by atoms with van der Waals surface area (Å²) >= 11 is 6.29. The number of hydrogen-bond donors (Lipinski definition) is 1. The molecule has 0 aliphatic heterocycles. The van der Waals surface area contributed by atoms with Gasteiger partial charge in [-0.2, -0.15) is 5.10 Å². The number of ether oxygens (including phenoxy) is 1. The predicted octanol–water partition coefficient (Wildman–Crippen LogP) is 5.11. The van der Waals surface area contributed by atoms with Crippen molar-refractivity contribution in [2.24, 2.45) is 0 Å². The normalized spacial score (nSPS) is 10.8. The third-order valence-electron chi connectivity index (χ3n) is 5.37. The molecule has 1 amide bonds. The first-order valence-corrected chi connectivity index (χ1v) is 11.1. The summed E-state index contributed by atoms with van der Waals surface area (Å²) in [5.74, 6) is 0.351. The molecule has 0 radical (unpaired) electrons. The van der Waals surface area contributed by atoms with Crippen LogP contribution in [0.5, 0.6) is 5.88 Å². The standard InChI is InChI=1S/C26H25ClN4O2/c1-18-25(19(2)31(30-18)16-22-10-6-7-11-23(22)27)26(32)29-15-21-12-13-28-24(14-21)33-17-20-8-4-3-5-9-20/h3-14H,15-17H2,1-2H3,(H,29,32). The van der Waals surface area contributed by atoms with Crippen molar-refractivity contribution < 1.29 is 9.53 Å². The third-order valence-corrected chi connectivity index (χ3v) is 5.74. The Hall–Kier alpha value is -3.64. The number of hydrogen-bond acceptors (Lipinski definition) is 4. The van der Waals surface area contributed by atoms with Crippen LogP contribution < -0.4 is 10.1 Å². The zero-order valence-electron chi connectivity index (χ0n) is 18.6. The largest absolute Gasteiger partial charge is 0.473 e. The number of nitrogens with zero attached hydrogens (tertiary/aromatic N) is 3. The average molecular weight is 461 g/mol. The number of nitrogens with one attached hydrogen (secondary N) is 1. The Morgan fingerprint density at radius 1 is 1.03 bits per heavy atom. The molecule has 0 bridgehead atoms. The number of carbonyl (C=O) groups is 1. The van der Waals surface area contributed by atoms with Crippen LogP contribution in [0.25, 0.3) is 0 Å². The summed E-state index contributed by atoms with van der Waals surface area (Å²) in [7, 11) is 0. The molecule has 4 aromatic rings. The van der Waals surface area contributed by atoms with Crippen LogP contribution in [0.2, 0.25) is 5.02 Å². The number of pyridine rings is 1. The number of amides is 1. The van der Waals surface area contributed by atoms with E-state index in [1.165, 1.54) is 0 Å². The van der Waals surface area contributed by atoms with Crippen LogP contribution >= 0.6 is 11.6 Å². The lowest BCUT2D eigenvalue weighted by atomic mass is 10.1. The van der Waals surface area contributed by atoms with Crippen molar-refractivity contribution in [2.75, 3.05) is 0 Å². The molecule has 2 aromatic heterocycles. The van der Waals surface area contributed by atoms with Crippen LogP contribution in [-0.2, 0) is 19.7 Å². The van der Waals surface area contributed by atoms with Crippen LogP contribution in [-0.4, -0.2) is 20.7 Å². The van der Waals surface area contributed by atoms with Gasteiger partial charge in [0.05, 0.1) is 17.8 Å². The van der Waals surface area contributed by atoms with E-state index in [0.29, 0.717) is 41.9 Å². The monoisotopic (exact) mass is 460 g/mol. The number of aryl methyl sites for hydroxylation is 1. The van der Waals surface area contributed by atoms with Gasteiger partial charge in [0.15, 0.2) is 0 Å². The number of carbonyl (C=O) groups excluding carboxylic acids is 1. The van der Waals surface area contributed by atoms with E-state index in [9.17, 15) is 4.79 Å². The van der Waals surface area contributed by atoms with Gasteiger partial charge < -0.3 is 10.1 Å². The second-order valence-corrected chi connectivity index (χ2v) is 8.16. The first-order chi connectivity index (χ1) is 16.0. The molecule has 0 aliphatic rings. The lowest BCUT2D eigenvalue weighted by molar-refractivity contribution is 0.0949. The van der Waals surface area contributed by atoms with E-state index in [-0.39, 0.29) is 5.91 Å². The quantitative estimate of drug-likeness (QED) is 0.397. The summed E-state index contributed by atoms with van der Waals surface area (Å²) in [6.45, 7) is 5.04. The van der Waals surface area contributed by atoms with Crippen LogP contribution in [0.1, 0.15) is 38.4 Å². The van der Waals surface area contributed by atoms with Gasteiger partial charge in [0.2, 0.25) is 5.88 Å². The molecule has 0 saturated heterocycles. The molecule has 0 atom stereocenters. The van der Waals surface area contributed by atoms with Gasteiger partial charge in [-0.1, -0.05) is 60.1 Å². The van der Waals surface area contributed by atoms with E-state index < -0.39 is 0 Å². The number of halogens is 1. The highest BCUT2D eigenvalue weighted by Gasteiger charge is 2.19. The van der Waals surface area contributed by atoms with E-state index in [2.05, 4.69) is 15.4 Å². The molecule has 0 saturated carbocycles. The molecule has 0 spiro atoms. The Morgan fingerprint density at radius 3 is 2.58 bits per heavy atom. The highest BCUT2D eigenvalue weighted by Crippen LogP contribution is 2.20. The second kappa shape index (κ2) is 10.3. The summed E-state index contributed by atoms with van der Waals surface area (Å²) in [6, 6.07) is 21.2. The number of benzene rings is 2. The van der Waals surface area contributed by atoms with Gasteiger partial charge in [-0.25, -0.2) is 4.98 Å². The summed E-state index contributed by atoms with van der Waals surface area (Å²) in [4.78, 5) is 17.2. The molecular weight excluding hydrogens is 436 g/mol. The molecule has 0 unspecified atom stereocenters. The Bertz CT molecular complexity index is 1250. The van der Waals surface area contributed by atoms with Crippen molar-refractivity contribution in [1.82, 2.24) is 20.1 Å². The van der Waals surface area contributed by atoms with Crippen LogP contribution in [0.3, 0.4) is 0 Å². The molecule has 4 rings (SSSR count). The van der Waals surface area contributed by atoms with Crippen LogP contribution in [0.15, 0.2) is 72.9 Å². The van der Waals surface area contributed by atoms with Gasteiger partial charge in [0, 0.05) is 29.5 Å². The Morgan fingerprint density at radius 2 is 1.79 bits per heavy atom. The summed E-state index contributed by atoms with van der Waals surface area (Å²) in [5.41, 5.74) is 4.98. The maximum absolute atomic E-state index is 13.0. The maximum atomic E-state index is 13.0.